The molecule has 0 amide bonds. The summed E-state index contributed by atoms with van der Waals surface area (Å²) in [5.74, 6) is 0.0914. The minimum Gasteiger partial charge on any atom is -0.469 e. The third kappa shape index (κ3) is 5.48. The van der Waals surface area contributed by atoms with Crippen LogP contribution in [0.4, 0.5) is 4.39 Å². The zero-order valence-electron chi connectivity index (χ0n) is 10.4. The number of benzene rings is 1. The van der Waals surface area contributed by atoms with Crippen LogP contribution in [0.1, 0.15) is 31.7 Å². The highest BCUT2D eigenvalue weighted by Crippen LogP contribution is 2.15. The number of rotatable bonds is 6. The third-order valence-electron chi connectivity index (χ3n) is 2.78. The van der Waals surface area contributed by atoms with E-state index < -0.39 is 0 Å². The van der Waals surface area contributed by atoms with Crippen LogP contribution < -0.4 is 0 Å². The Morgan fingerprint density at radius 1 is 1.47 bits per heavy atom. The van der Waals surface area contributed by atoms with E-state index in [1.165, 1.54) is 13.2 Å². The van der Waals surface area contributed by atoms with E-state index in [0.717, 1.165) is 24.8 Å². The molecule has 0 fully saturated rings. The SMILES string of the molecule is COC(=O)CCCC(C)Cc1cccc(F)c1. The molecular formula is C14H19FO2. The van der Waals surface area contributed by atoms with Gasteiger partial charge in [-0.15, -0.1) is 0 Å². The van der Waals surface area contributed by atoms with Crippen molar-refractivity contribution in [2.75, 3.05) is 7.11 Å². The number of methoxy groups -OCH3 is 1. The summed E-state index contributed by atoms with van der Waals surface area (Å²) in [4.78, 5) is 10.9. The second-order valence-electron chi connectivity index (χ2n) is 4.41. The lowest BCUT2D eigenvalue weighted by molar-refractivity contribution is -0.140. The summed E-state index contributed by atoms with van der Waals surface area (Å²) >= 11 is 0. The Bertz CT molecular complexity index is 363. The summed E-state index contributed by atoms with van der Waals surface area (Å²) in [5.41, 5.74) is 1.01. The topological polar surface area (TPSA) is 26.3 Å². The van der Waals surface area contributed by atoms with Crippen molar-refractivity contribution in [1.29, 1.82) is 0 Å². The normalized spacial score (nSPS) is 12.2. The number of halogens is 1. The molecule has 0 saturated heterocycles. The lowest BCUT2D eigenvalue weighted by Gasteiger charge is -2.10. The quantitative estimate of drug-likeness (QED) is 0.710. The predicted molar refractivity (Wildman–Crippen MR) is 65.1 cm³/mol. The molecular weight excluding hydrogens is 219 g/mol. The van der Waals surface area contributed by atoms with Gasteiger partial charge in [0.05, 0.1) is 7.11 Å². The molecule has 1 rings (SSSR count). The summed E-state index contributed by atoms with van der Waals surface area (Å²) < 4.78 is 17.5. The van der Waals surface area contributed by atoms with E-state index in [1.54, 1.807) is 12.1 Å². The Morgan fingerprint density at radius 2 is 2.24 bits per heavy atom. The van der Waals surface area contributed by atoms with Crippen LogP contribution in [0.3, 0.4) is 0 Å². The van der Waals surface area contributed by atoms with Crippen LogP contribution in [0, 0.1) is 11.7 Å². The molecule has 94 valence electrons. The Kier molecular flexibility index (Phi) is 5.67. The fourth-order valence-corrected chi connectivity index (χ4v) is 1.87. The van der Waals surface area contributed by atoms with E-state index in [9.17, 15) is 9.18 Å². The minimum absolute atomic E-state index is 0.164. The summed E-state index contributed by atoms with van der Waals surface area (Å²) in [6.45, 7) is 2.11. The lowest BCUT2D eigenvalue weighted by atomic mass is 9.96. The van der Waals surface area contributed by atoms with Crippen LogP contribution in [0.15, 0.2) is 24.3 Å². The maximum absolute atomic E-state index is 13.0. The Hall–Kier alpha value is -1.38. The molecule has 0 aromatic heterocycles. The van der Waals surface area contributed by atoms with Crippen molar-refractivity contribution in [3.63, 3.8) is 0 Å². The molecule has 17 heavy (non-hydrogen) atoms. The molecule has 0 N–H and O–H groups in total. The van der Waals surface area contributed by atoms with Gasteiger partial charge in [-0.2, -0.15) is 0 Å². The average molecular weight is 238 g/mol. The molecule has 1 unspecified atom stereocenters. The molecule has 1 aromatic rings. The van der Waals surface area contributed by atoms with Crippen LogP contribution in [0.25, 0.3) is 0 Å². The first-order chi connectivity index (χ1) is 8.11. The standard InChI is InChI=1S/C14H19FO2/c1-11(5-3-8-14(16)17-2)9-12-6-4-7-13(15)10-12/h4,6-7,10-11H,3,5,8-9H2,1-2H3. The van der Waals surface area contributed by atoms with E-state index in [4.69, 9.17) is 0 Å². The fourth-order valence-electron chi connectivity index (χ4n) is 1.87. The first-order valence-electron chi connectivity index (χ1n) is 5.93. The summed E-state index contributed by atoms with van der Waals surface area (Å²) in [5, 5.41) is 0. The highest BCUT2D eigenvalue weighted by atomic mass is 19.1. The third-order valence-corrected chi connectivity index (χ3v) is 2.78. The molecule has 1 aromatic carbocycles. The number of hydrogen-bond donors (Lipinski definition) is 0. The molecule has 0 aliphatic rings. The van der Waals surface area contributed by atoms with Crippen LogP contribution in [-0.2, 0) is 16.0 Å². The van der Waals surface area contributed by atoms with Crippen molar-refractivity contribution < 1.29 is 13.9 Å². The van der Waals surface area contributed by atoms with Crippen molar-refractivity contribution in [2.24, 2.45) is 5.92 Å². The second kappa shape index (κ2) is 7.05. The van der Waals surface area contributed by atoms with Gasteiger partial charge in [-0.25, -0.2) is 4.39 Å². The number of carbonyl (C=O) groups excluding carboxylic acids is 1. The second-order valence-corrected chi connectivity index (χ2v) is 4.41. The van der Waals surface area contributed by atoms with Gasteiger partial charge in [0.25, 0.3) is 0 Å². The first kappa shape index (κ1) is 13.7. The largest absolute Gasteiger partial charge is 0.469 e. The van der Waals surface area contributed by atoms with Gasteiger partial charge in [-0.3, -0.25) is 4.79 Å². The van der Waals surface area contributed by atoms with Gasteiger partial charge in [0, 0.05) is 6.42 Å². The smallest absolute Gasteiger partial charge is 0.305 e. The van der Waals surface area contributed by atoms with Gasteiger partial charge in [0.1, 0.15) is 5.82 Å². The van der Waals surface area contributed by atoms with E-state index in [2.05, 4.69) is 11.7 Å². The van der Waals surface area contributed by atoms with Crippen molar-refractivity contribution in [1.82, 2.24) is 0 Å². The van der Waals surface area contributed by atoms with Crippen molar-refractivity contribution in [3.8, 4) is 0 Å². The highest BCUT2D eigenvalue weighted by Gasteiger charge is 2.06. The van der Waals surface area contributed by atoms with Crippen molar-refractivity contribution in [2.45, 2.75) is 32.6 Å². The number of esters is 1. The van der Waals surface area contributed by atoms with Crippen molar-refractivity contribution >= 4 is 5.97 Å². The molecule has 0 spiro atoms. The van der Waals surface area contributed by atoms with E-state index in [0.29, 0.717) is 12.3 Å². The molecule has 0 aliphatic carbocycles. The Morgan fingerprint density at radius 3 is 2.88 bits per heavy atom. The van der Waals surface area contributed by atoms with Gasteiger partial charge in [0.2, 0.25) is 0 Å². The van der Waals surface area contributed by atoms with E-state index in [1.807, 2.05) is 6.07 Å². The first-order valence-corrected chi connectivity index (χ1v) is 5.93. The summed E-state index contributed by atoms with van der Waals surface area (Å²) in [6, 6.07) is 6.67. The van der Waals surface area contributed by atoms with Crippen LogP contribution in [-0.4, -0.2) is 13.1 Å². The molecule has 0 bridgehead atoms. The molecule has 0 heterocycles. The van der Waals surface area contributed by atoms with Crippen LogP contribution in [0.5, 0.6) is 0 Å². The van der Waals surface area contributed by atoms with Gasteiger partial charge in [0.15, 0.2) is 0 Å². The molecule has 0 saturated carbocycles. The van der Waals surface area contributed by atoms with Gasteiger partial charge < -0.3 is 4.74 Å². The molecule has 0 radical (unpaired) electrons. The molecule has 2 nitrogen and oxygen atoms in total. The zero-order valence-corrected chi connectivity index (χ0v) is 10.4. The molecule has 3 heteroatoms. The van der Waals surface area contributed by atoms with Crippen LogP contribution >= 0.6 is 0 Å². The summed E-state index contributed by atoms with van der Waals surface area (Å²) in [7, 11) is 1.40. The number of ether oxygens (including phenoxy) is 1. The van der Waals surface area contributed by atoms with Gasteiger partial charge >= 0.3 is 5.97 Å². The lowest BCUT2D eigenvalue weighted by Crippen LogP contribution is -2.04. The monoisotopic (exact) mass is 238 g/mol. The fraction of sp³-hybridized carbons (Fsp3) is 0.500. The number of hydrogen-bond acceptors (Lipinski definition) is 2. The maximum atomic E-state index is 13.0. The summed E-state index contributed by atoms with van der Waals surface area (Å²) in [6.07, 6.45) is 3.08. The maximum Gasteiger partial charge on any atom is 0.305 e. The predicted octanol–water partition coefficient (Wildman–Crippen LogP) is 3.35. The highest BCUT2D eigenvalue weighted by molar-refractivity contribution is 5.68. The molecule has 0 aliphatic heterocycles. The Balaban J connectivity index is 2.29. The number of carbonyl (C=O) groups is 1. The zero-order chi connectivity index (χ0) is 12.7. The van der Waals surface area contributed by atoms with Gasteiger partial charge in [-0.05, 0) is 42.9 Å². The van der Waals surface area contributed by atoms with Crippen molar-refractivity contribution in [3.05, 3.63) is 35.6 Å². The van der Waals surface area contributed by atoms with Crippen LogP contribution in [0.2, 0.25) is 0 Å². The minimum atomic E-state index is -0.190. The van der Waals surface area contributed by atoms with Gasteiger partial charge in [-0.1, -0.05) is 19.1 Å². The average Bonchev–Trinajstić information content (AvgIpc) is 2.28. The van der Waals surface area contributed by atoms with E-state index in [-0.39, 0.29) is 11.8 Å². The molecule has 1 atom stereocenters. The van der Waals surface area contributed by atoms with E-state index >= 15 is 0 Å². The Labute approximate surface area is 102 Å².